The summed E-state index contributed by atoms with van der Waals surface area (Å²) in [5.41, 5.74) is 1.92. The largest absolute Gasteiger partial charge is 0.461 e. The number of aromatic nitrogens is 4. The van der Waals surface area contributed by atoms with E-state index in [0.717, 1.165) is 15.8 Å². The number of esters is 1. The van der Waals surface area contributed by atoms with E-state index in [-0.39, 0.29) is 19.2 Å². The van der Waals surface area contributed by atoms with Crippen molar-refractivity contribution in [2.24, 2.45) is 0 Å². The zero-order valence-corrected chi connectivity index (χ0v) is 18.4. The van der Waals surface area contributed by atoms with Crippen LogP contribution in [0.4, 0.5) is 4.79 Å². The van der Waals surface area contributed by atoms with Gasteiger partial charge in [-0.15, -0.1) is 0 Å². The summed E-state index contributed by atoms with van der Waals surface area (Å²) in [6.07, 6.45) is 2.85. The van der Waals surface area contributed by atoms with Crippen LogP contribution in [0, 0.1) is 0 Å². The summed E-state index contributed by atoms with van der Waals surface area (Å²) >= 11 is 1.32. The summed E-state index contributed by atoms with van der Waals surface area (Å²) in [7, 11) is 0. The second kappa shape index (κ2) is 8.78. The fourth-order valence-electron chi connectivity index (χ4n) is 2.83. The summed E-state index contributed by atoms with van der Waals surface area (Å²) in [6.45, 7) is 9.46. The smallest absolute Gasteiger partial charge is 0.407 e. The van der Waals surface area contributed by atoms with E-state index in [9.17, 15) is 9.59 Å². The van der Waals surface area contributed by atoms with Crippen LogP contribution in [0.3, 0.4) is 0 Å². The molecule has 3 rings (SSSR count). The highest BCUT2D eigenvalue weighted by molar-refractivity contribution is 7.13. The van der Waals surface area contributed by atoms with Gasteiger partial charge in [-0.25, -0.2) is 9.59 Å². The lowest BCUT2D eigenvalue weighted by Crippen LogP contribution is -2.36. The molecular formula is C20H25N5O4S. The van der Waals surface area contributed by atoms with Crippen LogP contribution in [-0.2, 0) is 9.47 Å². The second-order valence-corrected chi connectivity index (χ2v) is 8.51. The van der Waals surface area contributed by atoms with Gasteiger partial charge in [0.15, 0.2) is 0 Å². The van der Waals surface area contributed by atoms with Crippen LogP contribution < -0.4 is 5.32 Å². The third kappa shape index (κ3) is 4.93. The summed E-state index contributed by atoms with van der Waals surface area (Å²) < 4.78 is 17.1. The topological polar surface area (TPSA) is 108 Å². The van der Waals surface area contributed by atoms with Crippen LogP contribution in [0.15, 0.2) is 24.5 Å². The van der Waals surface area contributed by atoms with Gasteiger partial charge in [-0.05, 0) is 58.3 Å². The Morgan fingerprint density at radius 3 is 2.80 bits per heavy atom. The van der Waals surface area contributed by atoms with E-state index in [1.807, 2.05) is 13.0 Å². The quantitative estimate of drug-likeness (QED) is 0.591. The van der Waals surface area contributed by atoms with E-state index >= 15 is 0 Å². The summed E-state index contributed by atoms with van der Waals surface area (Å²) in [4.78, 5) is 28.8. The van der Waals surface area contributed by atoms with Crippen molar-refractivity contribution in [2.75, 3.05) is 13.2 Å². The normalized spacial score (nSPS) is 12.6. The van der Waals surface area contributed by atoms with Crippen LogP contribution in [0.2, 0.25) is 0 Å². The molecule has 3 aromatic rings. The van der Waals surface area contributed by atoms with Gasteiger partial charge in [-0.3, -0.25) is 9.67 Å². The molecule has 0 aromatic carbocycles. The molecule has 1 N–H and O–H groups in total. The first-order chi connectivity index (χ1) is 14.2. The molecule has 0 aliphatic heterocycles. The van der Waals surface area contributed by atoms with Gasteiger partial charge in [-0.2, -0.15) is 9.47 Å². The number of rotatable bonds is 6. The van der Waals surface area contributed by atoms with E-state index in [1.54, 1.807) is 50.8 Å². The van der Waals surface area contributed by atoms with E-state index in [1.165, 1.54) is 11.5 Å². The summed E-state index contributed by atoms with van der Waals surface area (Å²) in [5, 5.41) is 7.36. The molecule has 160 valence electrons. The maximum Gasteiger partial charge on any atom is 0.407 e. The Morgan fingerprint density at radius 1 is 1.33 bits per heavy atom. The number of pyridine rings is 1. The highest BCUT2D eigenvalue weighted by atomic mass is 32.1. The molecule has 10 heteroatoms. The van der Waals surface area contributed by atoms with Crippen molar-refractivity contribution < 1.29 is 19.1 Å². The third-order valence-electron chi connectivity index (χ3n) is 4.11. The molecule has 3 aromatic heterocycles. The number of ether oxygens (including phenoxy) is 2. The van der Waals surface area contributed by atoms with Crippen molar-refractivity contribution in [3.63, 3.8) is 0 Å². The average molecular weight is 432 g/mol. The average Bonchev–Trinajstić information content (AvgIpc) is 3.31. The molecule has 0 saturated heterocycles. The molecule has 0 fully saturated rings. The predicted octanol–water partition coefficient (Wildman–Crippen LogP) is 3.82. The molecule has 0 radical (unpaired) electrons. The first-order valence-corrected chi connectivity index (χ1v) is 10.4. The van der Waals surface area contributed by atoms with Gasteiger partial charge in [0.25, 0.3) is 0 Å². The Morgan fingerprint density at radius 2 is 2.10 bits per heavy atom. The maximum atomic E-state index is 12.5. The number of nitrogens with zero attached hydrogens (tertiary/aromatic N) is 4. The second-order valence-electron chi connectivity index (χ2n) is 7.71. The van der Waals surface area contributed by atoms with Crippen molar-refractivity contribution >= 4 is 33.8 Å². The third-order valence-corrected chi connectivity index (χ3v) is 4.93. The molecule has 1 atom stereocenters. The molecule has 0 aliphatic carbocycles. The summed E-state index contributed by atoms with van der Waals surface area (Å²) in [5.74, 6) is -0.477. The van der Waals surface area contributed by atoms with Gasteiger partial charge in [0, 0.05) is 18.3 Å². The molecular weight excluding hydrogens is 406 g/mol. The van der Waals surface area contributed by atoms with Gasteiger partial charge >= 0.3 is 12.1 Å². The minimum Gasteiger partial charge on any atom is -0.461 e. The minimum absolute atomic E-state index is 0.231. The lowest BCUT2D eigenvalue weighted by Gasteiger charge is -2.21. The van der Waals surface area contributed by atoms with Crippen LogP contribution >= 0.6 is 11.5 Å². The SMILES string of the molecule is CCOC(=O)c1cc(-c2ccnc3cnsc23)nn1[C@@H](C)CNC(=O)OC(C)(C)C. The zero-order chi connectivity index (χ0) is 21.9. The minimum atomic E-state index is -0.594. The fraction of sp³-hybridized carbons (Fsp3) is 0.450. The first-order valence-electron chi connectivity index (χ1n) is 9.63. The molecule has 30 heavy (non-hydrogen) atoms. The predicted molar refractivity (Wildman–Crippen MR) is 114 cm³/mol. The molecule has 0 saturated carbocycles. The standard InChI is InChI=1S/C20H25N5O4S/c1-6-28-18(26)16-9-14(13-7-8-21-15-11-23-30-17(13)15)24-25(16)12(2)10-22-19(27)29-20(3,4)5/h7-9,11-12H,6,10H2,1-5H3,(H,22,27)/t12-/m0/s1. The van der Waals surface area contributed by atoms with Gasteiger partial charge in [0.05, 0.1) is 29.2 Å². The van der Waals surface area contributed by atoms with E-state index < -0.39 is 17.7 Å². The highest BCUT2D eigenvalue weighted by Crippen LogP contribution is 2.30. The number of carbonyl (C=O) groups excluding carboxylic acids is 2. The fourth-order valence-corrected chi connectivity index (χ4v) is 3.56. The van der Waals surface area contributed by atoms with E-state index in [2.05, 4.69) is 19.8 Å². The molecule has 0 unspecified atom stereocenters. The Balaban J connectivity index is 1.90. The molecule has 1 amide bonds. The van der Waals surface area contributed by atoms with Crippen molar-refractivity contribution in [2.45, 2.75) is 46.3 Å². The highest BCUT2D eigenvalue weighted by Gasteiger charge is 2.23. The maximum absolute atomic E-state index is 12.5. The lowest BCUT2D eigenvalue weighted by atomic mass is 10.2. The summed E-state index contributed by atoms with van der Waals surface area (Å²) in [6, 6.07) is 3.21. The van der Waals surface area contributed by atoms with Gasteiger partial charge in [0.1, 0.15) is 16.8 Å². The Kier molecular flexibility index (Phi) is 6.35. The monoisotopic (exact) mass is 431 g/mol. The molecule has 0 aliphatic rings. The Labute approximate surface area is 178 Å². The number of hydrogen-bond donors (Lipinski definition) is 1. The number of nitrogens with one attached hydrogen (secondary N) is 1. The van der Waals surface area contributed by atoms with Gasteiger partial charge < -0.3 is 14.8 Å². The van der Waals surface area contributed by atoms with Crippen LogP contribution in [-0.4, -0.2) is 50.0 Å². The molecule has 3 heterocycles. The van der Waals surface area contributed by atoms with Crippen LogP contribution in [0.1, 0.15) is 51.1 Å². The van der Waals surface area contributed by atoms with Crippen molar-refractivity contribution in [3.8, 4) is 11.3 Å². The van der Waals surface area contributed by atoms with E-state index in [0.29, 0.717) is 11.4 Å². The van der Waals surface area contributed by atoms with E-state index in [4.69, 9.17) is 9.47 Å². The number of alkyl carbamates (subject to hydrolysis) is 1. The van der Waals surface area contributed by atoms with Crippen molar-refractivity contribution in [1.82, 2.24) is 24.5 Å². The Hall–Kier alpha value is -3.01. The van der Waals surface area contributed by atoms with Crippen LogP contribution in [0.25, 0.3) is 21.5 Å². The molecule has 0 spiro atoms. The van der Waals surface area contributed by atoms with Gasteiger partial charge in [-0.1, -0.05) is 0 Å². The number of amides is 1. The first kappa shape index (κ1) is 21.7. The number of hydrogen-bond acceptors (Lipinski definition) is 8. The van der Waals surface area contributed by atoms with Crippen molar-refractivity contribution in [1.29, 1.82) is 0 Å². The molecule has 9 nitrogen and oxygen atoms in total. The van der Waals surface area contributed by atoms with Gasteiger partial charge in [0.2, 0.25) is 0 Å². The zero-order valence-electron chi connectivity index (χ0n) is 17.6. The number of fused-ring (bicyclic) bond motifs is 1. The van der Waals surface area contributed by atoms with Crippen molar-refractivity contribution in [3.05, 3.63) is 30.2 Å². The number of carbonyl (C=O) groups is 2. The molecule has 0 bridgehead atoms. The lowest BCUT2D eigenvalue weighted by molar-refractivity contribution is 0.0508. The Bertz CT molecular complexity index is 1050. The van der Waals surface area contributed by atoms with Crippen LogP contribution in [0.5, 0.6) is 0 Å².